The summed E-state index contributed by atoms with van der Waals surface area (Å²) in [7, 11) is 0. The molecule has 3 N–H and O–H groups in total. The number of benzene rings is 1. The second-order valence-corrected chi connectivity index (χ2v) is 9.09. The number of carbonyl (C=O) groups is 2. The number of nitrogens with one attached hydrogen (secondary N) is 1. The maximum atomic E-state index is 12.9. The minimum atomic E-state index is -1.75. The predicted molar refractivity (Wildman–Crippen MR) is 134 cm³/mol. The van der Waals surface area contributed by atoms with Gasteiger partial charge in [-0.15, -0.1) is 5.06 Å². The number of aromatic nitrogens is 1. The molecule has 1 aliphatic rings. The quantitative estimate of drug-likeness (QED) is 0.291. The third-order valence-corrected chi connectivity index (χ3v) is 6.43. The summed E-state index contributed by atoms with van der Waals surface area (Å²) < 4.78 is 5.43. The first-order valence-electron chi connectivity index (χ1n) is 11.7. The van der Waals surface area contributed by atoms with Gasteiger partial charge in [-0.1, -0.05) is 35.3 Å². The zero-order valence-electron chi connectivity index (χ0n) is 19.9. The van der Waals surface area contributed by atoms with Crippen molar-refractivity contribution in [1.82, 2.24) is 15.5 Å². The molecule has 1 amide bonds. The summed E-state index contributed by atoms with van der Waals surface area (Å²) >= 11 is 12.5. The highest BCUT2D eigenvalue weighted by atomic mass is 35.5. The van der Waals surface area contributed by atoms with Gasteiger partial charge in [-0.05, 0) is 43.9 Å². The second-order valence-electron chi connectivity index (χ2n) is 8.27. The Labute approximate surface area is 219 Å². The number of rotatable bonds is 11. The molecule has 12 heteroatoms. The molecule has 196 valence electrons. The van der Waals surface area contributed by atoms with E-state index in [1.165, 1.54) is 22.9 Å². The van der Waals surface area contributed by atoms with E-state index >= 15 is 0 Å². The summed E-state index contributed by atoms with van der Waals surface area (Å²) in [5.41, 5.74) is 3.10. The van der Waals surface area contributed by atoms with Crippen LogP contribution in [0.15, 0.2) is 36.7 Å². The van der Waals surface area contributed by atoms with Crippen LogP contribution in [0.5, 0.6) is 5.75 Å². The van der Waals surface area contributed by atoms with Gasteiger partial charge in [0.25, 0.3) is 5.91 Å². The largest absolute Gasteiger partial charge is 0.494 e. The maximum Gasteiger partial charge on any atom is 0.331 e. The lowest BCUT2D eigenvalue weighted by Gasteiger charge is -2.36. The Morgan fingerprint density at radius 1 is 1.11 bits per heavy atom. The lowest BCUT2D eigenvalue weighted by atomic mass is 9.94. The van der Waals surface area contributed by atoms with Crippen molar-refractivity contribution in [3.8, 4) is 5.75 Å². The summed E-state index contributed by atoms with van der Waals surface area (Å²) in [4.78, 5) is 36.2. The van der Waals surface area contributed by atoms with E-state index < -0.39 is 23.9 Å². The van der Waals surface area contributed by atoms with Gasteiger partial charge in [-0.2, -0.15) is 0 Å². The van der Waals surface area contributed by atoms with Crippen LogP contribution in [0.25, 0.3) is 0 Å². The smallest absolute Gasteiger partial charge is 0.331 e. The summed E-state index contributed by atoms with van der Waals surface area (Å²) in [6.45, 7) is 4.18. The van der Waals surface area contributed by atoms with Gasteiger partial charge in [0.15, 0.2) is 0 Å². The summed E-state index contributed by atoms with van der Waals surface area (Å²) in [6, 6.07) is 7.58. The number of piperazine rings is 1. The molecular formula is C24H30Cl2N4O6. The van der Waals surface area contributed by atoms with E-state index in [0.717, 1.165) is 11.3 Å². The Kier molecular flexibility index (Phi) is 10.6. The minimum Gasteiger partial charge on any atom is -0.494 e. The summed E-state index contributed by atoms with van der Waals surface area (Å²) in [6.07, 6.45) is 2.59. The van der Waals surface area contributed by atoms with E-state index in [1.807, 2.05) is 36.1 Å². The van der Waals surface area contributed by atoms with Gasteiger partial charge < -0.3 is 19.6 Å². The molecule has 10 nitrogen and oxygen atoms in total. The average molecular weight is 541 g/mol. The molecule has 2 aromatic rings. The van der Waals surface area contributed by atoms with E-state index in [2.05, 4.69) is 4.98 Å². The van der Waals surface area contributed by atoms with Crippen molar-refractivity contribution < 1.29 is 29.5 Å². The van der Waals surface area contributed by atoms with Crippen molar-refractivity contribution in [3.05, 3.63) is 52.3 Å². The molecule has 0 saturated carbocycles. The van der Waals surface area contributed by atoms with Gasteiger partial charge in [0.1, 0.15) is 11.9 Å². The van der Waals surface area contributed by atoms with Crippen LogP contribution < -0.4 is 15.1 Å². The Balaban J connectivity index is 1.56. The number of aliphatic hydroxyl groups is 1. The topological polar surface area (TPSA) is 124 Å². The Bertz CT molecular complexity index is 998. The number of nitrogens with zero attached hydrogens (tertiary/aromatic N) is 3. The highest BCUT2D eigenvalue weighted by molar-refractivity contribution is 6.38. The lowest BCUT2D eigenvalue weighted by Crippen LogP contribution is -2.49. The van der Waals surface area contributed by atoms with Gasteiger partial charge in [-0.3, -0.25) is 15.0 Å². The van der Waals surface area contributed by atoms with Crippen molar-refractivity contribution in [2.45, 2.75) is 32.3 Å². The second kappa shape index (κ2) is 13.6. The molecule has 1 saturated heterocycles. The van der Waals surface area contributed by atoms with Gasteiger partial charge in [0.2, 0.25) is 0 Å². The number of carbonyl (C=O) groups excluding carboxylic acids is 2. The standard InChI is InChI=1S/C24H30Cl2N4O6/c1-2-35-17-8-6-16(7-9-17)4-3-5-18(22(31)23(32)28-34)24(33)36-30-12-10-29(11-13-30)21-19(25)14-27-15-20(21)26/h6-9,14-15,18,22,31,34H,2-5,10-13H2,1H3,(H,28,32)/t18-,22+/m1/s1. The van der Waals surface area contributed by atoms with Crippen molar-refractivity contribution in [2.24, 2.45) is 5.92 Å². The van der Waals surface area contributed by atoms with Crippen LogP contribution in [0.3, 0.4) is 0 Å². The number of hydroxylamine groups is 3. The first kappa shape index (κ1) is 27.9. The van der Waals surface area contributed by atoms with Crippen LogP contribution in [-0.4, -0.2) is 71.1 Å². The molecule has 0 bridgehead atoms. The van der Waals surface area contributed by atoms with Gasteiger partial charge in [-0.25, -0.2) is 10.3 Å². The molecule has 0 radical (unpaired) electrons. The van der Waals surface area contributed by atoms with Gasteiger partial charge in [0, 0.05) is 25.5 Å². The Hall–Kier alpha value is -2.63. The number of halogens is 2. The van der Waals surface area contributed by atoms with Crippen molar-refractivity contribution in [1.29, 1.82) is 0 Å². The van der Waals surface area contributed by atoms with E-state index in [1.54, 1.807) is 0 Å². The third-order valence-electron chi connectivity index (χ3n) is 5.88. The lowest BCUT2D eigenvalue weighted by molar-refractivity contribution is -0.201. The molecule has 36 heavy (non-hydrogen) atoms. The fraction of sp³-hybridized carbons (Fsp3) is 0.458. The zero-order valence-corrected chi connectivity index (χ0v) is 21.4. The molecule has 1 aromatic carbocycles. The van der Waals surface area contributed by atoms with Crippen molar-refractivity contribution in [2.75, 3.05) is 37.7 Å². The monoisotopic (exact) mass is 540 g/mol. The SMILES string of the molecule is CCOc1ccc(CCC[C@@H](C(=O)ON2CCN(c3c(Cl)cncc3Cl)CC2)[C@H](O)C(=O)NO)cc1. The molecule has 1 fully saturated rings. The molecule has 0 spiro atoms. The van der Waals surface area contributed by atoms with Gasteiger partial charge >= 0.3 is 5.97 Å². The molecule has 1 aliphatic heterocycles. The minimum absolute atomic E-state index is 0.183. The molecule has 0 aliphatic carbocycles. The predicted octanol–water partition coefficient (Wildman–Crippen LogP) is 2.87. The average Bonchev–Trinajstić information content (AvgIpc) is 2.87. The molecule has 3 rings (SSSR count). The number of aliphatic hydroxyl groups excluding tert-OH is 1. The maximum absolute atomic E-state index is 12.9. The Morgan fingerprint density at radius 3 is 2.33 bits per heavy atom. The number of hydrogen-bond donors (Lipinski definition) is 3. The number of hydrogen-bond acceptors (Lipinski definition) is 9. The summed E-state index contributed by atoms with van der Waals surface area (Å²) in [5.74, 6) is -2.19. The van der Waals surface area contributed by atoms with Crippen LogP contribution in [0, 0.1) is 5.92 Å². The van der Waals surface area contributed by atoms with Crippen molar-refractivity contribution in [3.63, 3.8) is 0 Å². The zero-order chi connectivity index (χ0) is 26.1. The van der Waals surface area contributed by atoms with E-state index in [9.17, 15) is 14.7 Å². The van der Waals surface area contributed by atoms with E-state index in [0.29, 0.717) is 61.4 Å². The number of ether oxygens (including phenoxy) is 1. The number of pyridine rings is 1. The molecule has 2 heterocycles. The molecular weight excluding hydrogens is 511 g/mol. The fourth-order valence-corrected chi connectivity index (χ4v) is 4.61. The number of amides is 1. The van der Waals surface area contributed by atoms with Crippen LogP contribution in [0.1, 0.15) is 25.3 Å². The first-order valence-corrected chi connectivity index (χ1v) is 12.4. The first-order chi connectivity index (χ1) is 17.3. The van der Waals surface area contributed by atoms with Crippen molar-refractivity contribution >= 4 is 40.8 Å². The summed E-state index contributed by atoms with van der Waals surface area (Å²) in [5, 5.41) is 21.7. The molecule has 0 unspecified atom stereocenters. The van der Waals surface area contributed by atoms with Gasteiger partial charge in [0.05, 0.1) is 41.3 Å². The highest BCUT2D eigenvalue weighted by Crippen LogP contribution is 2.33. The van der Waals surface area contributed by atoms with E-state index in [4.69, 9.17) is 38.0 Å². The highest BCUT2D eigenvalue weighted by Gasteiger charge is 2.35. The Morgan fingerprint density at radius 2 is 1.75 bits per heavy atom. The molecule has 1 aromatic heterocycles. The van der Waals surface area contributed by atoms with Crippen LogP contribution in [0.2, 0.25) is 10.0 Å². The third kappa shape index (κ3) is 7.44. The number of anilines is 1. The van der Waals surface area contributed by atoms with Crippen LogP contribution >= 0.6 is 23.2 Å². The molecule has 2 atom stereocenters. The normalized spacial score (nSPS) is 15.8. The van der Waals surface area contributed by atoms with Crippen LogP contribution in [-0.2, 0) is 20.8 Å². The van der Waals surface area contributed by atoms with E-state index in [-0.39, 0.29) is 6.42 Å². The fourth-order valence-electron chi connectivity index (χ4n) is 4.00. The van der Waals surface area contributed by atoms with Crippen LogP contribution in [0.4, 0.5) is 5.69 Å². The number of aryl methyl sites for hydroxylation is 1.